The van der Waals surface area contributed by atoms with Gasteiger partial charge in [-0.2, -0.15) is 0 Å². The number of rotatable bonds is 11. The van der Waals surface area contributed by atoms with Gasteiger partial charge in [0, 0.05) is 60.1 Å². The fourth-order valence-electron chi connectivity index (χ4n) is 2.44. The molecule has 30 heavy (non-hydrogen) atoms. The summed E-state index contributed by atoms with van der Waals surface area (Å²) in [7, 11) is 1.76. The molecule has 1 aliphatic rings. The maximum atomic E-state index is 11.9. The quantitative estimate of drug-likeness (QED) is 0.116. The van der Waals surface area contributed by atoms with Crippen molar-refractivity contribution in [3.63, 3.8) is 0 Å². The second kappa shape index (κ2) is 14.2. The van der Waals surface area contributed by atoms with Crippen LogP contribution in [0, 0.1) is 17.8 Å². The van der Waals surface area contributed by atoms with Crippen LogP contribution in [0.4, 0.5) is 0 Å². The number of hydrogen-bond acceptors (Lipinski definition) is 6. The van der Waals surface area contributed by atoms with E-state index in [4.69, 9.17) is 27.9 Å². The number of nitrogens with one attached hydrogen (secondary N) is 1. The Balaban J connectivity index is 2.84. The van der Waals surface area contributed by atoms with Gasteiger partial charge in [0.15, 0.2) is 0 Å². The van der Waals surface area contributed by atoms with Crippen LogP contribution in [0.5, 0.6) is 0 Å². The zero-order valence-electron chi connectivity index (χ0n) is 17.8. The lowest BCUT2D eigenvalue weighted by Gasteiger charge is -2.18. The Morgan fingerprint density at radius 2 is 2.23 bits per heavy atom. The molecule has 1 unspecified atom stereocenters. The lowest BCUT2D eigenvalue weighted by Crippen LogP contribution is -2.31. The molecule has 0 aromatic carbocycles. The van der Waals surface area contributed by atoms with Crippen molar-refractivity contribution in [3.8, 4) is 11.8 Å². The molecule has 0 aliphatic heterocycles. The molecule has 0 amide bonds. The van der Waals surface area contributed by atoms with Crippen molar-refractivity contribution in [3.05, 3.63) is 70.7 Å². The van der Waals surface area contributed by atoms with Crippen molar-refractivity contribution >= 4 is 17.6 Å². The number of allylic oxidation sites excluding steroid dienone is 9. The average Bonchev–Trinajstić information content (AvgIpc) is 2.89. The number of halogens is 1. The van der Waals surface area contributed by atoms with E-state index in [1.807, 2.05) is 43.4 Å². The molecule has 0 bridgehead atoms. The zero-order valence-corrected chi connectivity index (χ0v) is 18.6. The topological polar surface area (TPSA) is 93.6 Å². The predicted octanol–water partition coefficient (Wildman–Crippen LogP) is 3.22. The van der Waals surface area contributed by atoms with Crippen molar-refractivity contribution in [2.45, 2.75) is 26.7 Å². The largest absolute Gasteiger partial charge is 0.463 e. The zero-order chi connectivity index (χ0) is 22.4. The first-order valence-corrected chi connectivity index (χ1v) is 10.1. The van der Waals surface area contributed by atoms with Crippen LogP contribution in [0.25, 0.3) is 0 Å². The van der Waals surface area contributed by atoms with Gasteiger partial charge < -0.3 is 20.8 Å². The van der Waals surface area contributed by atoms with Gasteiger partial charge in [0.1, 0.15) is 0 Å². The van der Waals surface area contributed by atoms with Gasteiger partial charge in [-0.15, -0.1) is 0 Å². The molecule has 0 aromatic rings. The van der Waals surface area contributed by atoms with Gasteiger partial charge in [-0.3, -0.25) is 0 Å². The van der Waals surface area contributed by atoms with Crippen LogP contribution in [-0.2, 0) is 9.53 Å². The minimum Gasteiger partial charge on any atom is -0.463 e. The summed E-state index contributed by atoms with van der Waals surface area (Å²) in [4.78, 5) is 11.9. The Kier molecular flexibility index (Phi) is 11.9. The molecular formula is C23H31ClN4O2. The van der Waals surface area contributed by atoms with E-state index >= 15 is 0 Å². The third-order valence-corrected chi connectivity index (χ3v) is 4.25. The number of esters is 1. The standard InChI is InChI=1S/C23H31ClN4O2/c1-4-6-10-22(28(3)26)17-27-21(16-23(29)30-5-2)14-13-20(25)15-18-8-7-9-19(24)12-11-18/h4,6,9-13,16,18,27H,5,14-15,17,25-26H2,1-3H3/b6-4-,20-13+,21-16+,22-10+. The van der Waals surface area contributed by atoms with Crippen molar-refractivity contribution in [1.29, 1.82) is 0 Å². The van der Waals surface area contributed by atoms with E-state index in [0.29, 0.717) is 42.4 Å². The van der Waals surface area contributed by atoms with Gasteiger partial charge in [0.2, 0.25) is 0 Å². The van der Waals surface area contributed by atoms with Crippen LogP contribution in [0.1, 0.15) is 26.7 Å². The predicted molar refractivity (Wildman–Crippen MR) is 123 cm³/mol. The molecule has 1 rings (SSSR count). The van der Waals surface area contributed by atoms with E-state index in [1.165, 1.54) is 11.1 Å². The molecule has 7 heteroatoms. The van der Waals surface area contributed by atoms with Crippen LogP contribution >= 0.6 is 11.6 Å². The lowest BCUT2D eigenvalue weighted by atomic mass is 10.0. The summed E-state index contributed by atoms with van der Waals surface area (Å²) in [5.74, 6) is 11.5. The molecule has 1 aliphatic carbocycles. The average molecular weight is 431 g/mol. The summed E-state index contributed by atoms with van der Waals surface area (Å²) in [5, 5.41) is 5.37. The van der Waals surface area contributed by atoms with Crippen LogP contribution in [0.2, 0.25) is 0 Å². The van der Waals surface area contributed by atoms with Crippen LogP contribution < -0.4 is 16.9 Å². The molecule has 0 saturated carbocycles. The highest BCUT2D eigenvalue weighted by Gasteiger charge is 2.07. The first-order chi connectivity index (χ1) is 14.3. The number of ether oxygens (including phenoxy) is 1. The molecule has 0 saturated heterocycles. The fourth-order valence-corrected chi connectivity index (χ4v) is 2.57. The molecule has 0 radical (unpaired) electrons. The van der Waals surface area contributed by atoms with E-state index in [1.54, 1.807) is 20.0 Å². The Bertz CT molecular complexity index is 824. The summed E-state index contributed by atoms with van der Waals surface area (Å²) in [6.45, 7) is 4.44. The lowest BCUT2D eigenvalue weighted by molar-refractivity contribution is -0.137. The fraction of sp³-hybridized carbons (Fsp3) is 0.348. The minimum atomic E-state index is -0.412. The Labute approximate surface area is 184 Å². The number of carbonyl (C=O) groups is 1. The van der Waals surface area contributed by atoms with Gasteiger partial charge in [0.25, 0.3) is 0 Å². The molecule has 162 valence electrons. The minimum absolute atomic E-state index is 0.0135. The van der Waals surface area contributed by atoms with Gasteiger partial charge in [-0.05, 0) is 26.0 Å². The maximum Gasteiger partial charge on any atom is 0.332 e. The Morgan fingerprint density at radius 3 is 2.90 bits per heavy atom. The Morgan fingerprint density at radius 1 is 1.47 bits per heavy atom. The second-order valence-corrected chi connectivity index (χ2v) is 6.98. The molecular weight excluding hydrogens is 400 g/mol. The third-order valence-electron chi connectivity index (χ3n) is 4.02. The van der Waals surface area contributed by atoms with Gasteiger partial charge in [0.05, 0.1) is 13.2 Å². The molecule has 0 fully saturated rings. The Hall–Kier alpha value is -2.88. The van der Waals surface area contributed by atoms with Crippen LogP contribution in [-0.4, -0.2) is 31.2 Å². The molecule has 0 heterocycles. The first kappa shape index (κ1) is 25.2. The van der Waals surface area contributed by atoms with E-state index in [2.05, 4.69) is 17.2 Å². The molecule has 0 spiro atoms. The highest BCUT2D eigenvalue weighted by Crippen LogP contribution is 2.15. The van der Waals surface area contributed by atoms with Crippen LogP contribution in [0.3, 0.4) is 0 Å². The van der Waals surface area contributed by atoms with Gasteiger partial charge in [-0.25, -0.2) is 10.6 Å². The van der Waals surface area contributed by atoms with Crippen molar-refractivity contribution in [2.24, 2.45) is 17.5 Å². The van der Waals surface area contributed by atoms with E-state index < -0.39 is 5.97 Å². The number of hydrazine groups is 1. The van der Waals surface area contributed by atoms with Crippen molar-refractivity contribution < 1.29 is 9.53 Å². The number of nitrogens with zero attached hydrogens (tertiary/aromatic N) is 1. The summed E-state index contributed by atoms with van der Waals surface area (Å²) in [5.41, 5.74) is 8.39. The normalized spacial score (nSPS) is 17.2. The maximum absolute atomic E-state index is 11.9. The molecule has 0 aromatic heterocycles. The monoisotopic (exact) mass is 430 g/mol. The molecule has 5 N–H and O–H groups in total. The van der Waals surface area contributed by atoms with Crippen molar-refractivity contribution in [1.82, 2.24) is 10.3 Å². The van der Waals surface area contributed by atoms with E-state index in [-0.39, 0.29) is 5.92 Å². The summed E-state index contributed by atoms with van der Waals surface area (Å²) in [6, 6.07) is 0. The summed E-state index contributed by atoms with van der Waals surface area (Å²) in [6.07, 6.45) is 15.4. The first-order valence-electron chi connectivity index (χ1n) is 9.76. The molecule has 6 nitrogen and oxygen atoms in total. The van der Waals surface area contributed by atoms with Gasteiger partial charge >= 0.3 is 5.97 Å². The second-order valence-electron chi connectivity index (χ2n) is 6.54. The number of nitrogens with two attached hydrogens (primary N) is 2. The van der Waals surface area contributed by atoms with E-state index in [0.717, 1.165) is 5.70 Å². The third kappa shape index (κ3) is 10.6. The highest BCUT2D eigenvalue weighted by atomic mass is 35.5. The SMILES string of the molecule is C/C=C\C=C(/CN/C(=C/C(=O)OCC)C/C=C(/N)CC1C#CC=C(Cl)C=C1)N(C)N. The molecule has 1 atom stereocenters. The number of likely N-dealkylation sites (N-methyl/N-ethyl adjacent to an activating group) is 1. The van der Waals surface area contributed by atoms with Crippen molar-refractivity contribution in [2.75, 3.05) is 20.2 Å². The van der Waals surface area contributed by atoms with E-state index in [9.17, 15) is 4.79 Å². The summed E-state index contributed by atoms with van der Waals surface area (Å²) >= 11 is 5.96. The number of hydrogen-bond donors (Lipinski definition) is 3. The smallest absolute Gasteiger partial charge is 0.332 e. The highest BCUT2D eigenvalue weighted by molar-refractivity contribution is 6.31. The number of carbonyl (C=O) groups excluding carboxylic acids is 1. The van der Waals surface area contributed by atoms with Gasteiger partial charge in [-0.1, -0.05) is 47.7 Å². The summed E-state index contributed by atoms with van der Waals surface area (Å²) < 4.78 is 5.03. The van der Waals surface area contributed by atoms with Crippen LogP contribution in [0.15, 0.2) is 70.7 Å².